The molecule has 4 heterocycles. The maximum atomic E-state index is 15.4. The molecule has 11 heteroatoms. The molecule has 1 saturated heterocycles. The summed E-state index contributed by atoms with van der Waals surface area (Å²) in [5, 5.41) is 9.33. The fourth-order valence-electron chi connectivity index (χ4n) is 5.14. The monoisotopic (exact) mass is 535 g/mol. The lowest BCUT2D eigenvalue weighted by Gasteiger charge is -2.41. The highest BCUT2D eigenvalue weighted by atomic mass is 32.2. The van der Waals surface area contributed by atoms with E-state index in [1.165, 1.54) is 6.26 Å². The van der Waals surface area contributed by atoms with Crippen molar-refractivity contribution in [2.24, 2.45) is 5.92 Å². The van der Waals surface area contributed by atoms with Gasteiger partial charge in [0.2, 0.25) is 0 Å². The molecule has 1 N–H and O–H groups in total. The summed E-state index contributed by atoms with van der Waals surface area (Å²) in [7, 11) is -3.07. The second-order valence-corrected chi connectivity index (χ2v) is 12.9. The average molecular weight is 536 g/mol. The van der Waals surface area contributed by atoms with Crippen LogP contribution in [0.4, 0.5) is 21.7 Å². The molecule has 1 saturated carbocycles. The number of nitrogens with zero attached hydrogens (tertiary/aromatic N) is 6. The van der Waals surface area contributed by atoms with Gasteiger partial charge in [-0.1, -0.05) is 13.8 Å². The van der Waals surface area contributed by atoms with Gasteiger partial charge in [-0.05, 0) is 47.9 Å². The van der Waals surface area contributed by atoms with Gasteiger partial charge in [0.15, 0.2) is 5.82 Å². The molecule has 2 aliphatic rings. The van der Waals surface area contributed by atoms with E-state index in [0.717, 1.165) is 29.4 Å². The highest BCUT2D eigenvalue weighted by molar-refractivity contribution is 7.90. The molecule has 1 aliphatic heterocycles. The first-order valence-electron chi connectivity index (χ1n) is 12.8. The Morgan fingerprint density at radius 3 is 2.61 bits per heavy atom. The summed E-state index contributed by atoms with van der Waals surface area (Å²) in [6.07, 6.45) is 10.7. The zero-order chi connectivity index (χ0) is 26.6. The highest BCUT2D eigenvalue weighted by Crippen LogP contribution is 2.39. The second kappa shape index (κ2) is 9.30. The minimum atomic E-state index is -3.07. The summed E-state index contributed by atoms with van der Waals surface area (Å²) >= 11 is 0. The molecule has 0 spiro atoms. The maximum Gasteiger partial charge on any atom is 0.164 e. The van der Waals surface area contributed by atoms with Crippen LogP contribution in [0.5, 0.6) is 0 Å². The molecule has 1 aromatic carbocycles. The Hall–Kier alpha value is -3.60. The number of sulfone groups is 1. The van der Waals surface area contributed by atoms with E-state index in [-0.39, 0.29) is 23.4 Å². The molecule has 0 radical (unpaired) electrons. The molecule has 0 bridgehead atoms. The van der Waals surface area contributed by atoms with Gasteiger partial charge in [-0.3, -0.25) is 4.68 Å². The minimum absolute atomic E-state index is 0.00136. The van der Waals surface area contributed by atoms with Gasteiger partial charge < -0.3 is 10.2 Å². The normalized spacial score (nSPS) is 16.3. The fourth-order valence-corrected chi connectivity index (χ4v) is 6.21. The predicted molar refractivity (Wildman–Crippen MR) is 146 cm³/mol. The molecule has 0 unspecified atom stereocenters. The van der Waals surface area contributed by atoms with E-state index in [1.807, 2.05) is 35.7 Å². The van der Waals surface area contributed by atoms with Crippen molar-refractivity contribution in [2.45, 2.75) is 38.6 Å². The van der Waals surface area contributed by atoms with Crippen LogP contribution < -0.4 is 10.2 Å². The molecule has 0 amide bonds. The van der Waals surface area contributed by atoms with Crippen LogP contribution in [0.25, 0.3) is 22.2 Å². The number of anilines is 3. The van der Waals surface area contributed by atoms with Gasteiger partial charge in [0.05, 0.1) is 29.2 Å². The molecular weight excluding hydrogens is 505 g/mol. The third kappa shape index (κ3) is 4.94. The van der Waals surface area contributed by atoms with Gasteiger partial charge in [-0.25, -0.2) is 27.8 Å². The second-order valence-electron chi connectivity index (χ2n) is 10.8. The molecule has 0 atom stereocenters. The van der Waals surface area contributed by atoms with Crippen molar-refractivity contribution in [1.29, 1.82) is 0 Å². The lowest BCUT2D eigenvalue weighted by atomic mass is 9.93. The van der Waals surface area contributed by atoms with Crippen LogP contribution in [0.3, 0.4) is 0 Å². The van der Waals surface area contributed by atoms with Gasteiger partial charge in [0, 0.05) is 49.2 Å². The summed E-state index contributed by atoms with van der Waals surface area (Å²) in [4.78, 5) is 15.6. The van der Waals surface area contributed by atoms with Crippen LogP contribution in [0.15, 0.2) is 43.0 Å². The lowest BCUT2D eigenvalue weighted by Crippen LogP contribution is -2.50. The Kier molecular flexibility index (Phi) is 6.05. The Labute approximate surface area is 221 Å². The van der Waals surface area contributed by atoms with E-state index in [4.69, 9.17) is 0 Å². The Bertz CT molecular complexity index is 1630. The topological polar surface area (TPSA) is 106 Å². The van der Waals surface area contributed by atoms with E-state index in [0.29, 0.717) is 47.7 Å². The van der Waals surface area contributed by atoms with Gasteiger partial charge in [-0.15, -0.1) is 0 Å². The summed E-state index contributed by atoms with van der Waals surface area (Å²) in [5.74, 6) is 1.67. The van der Waals surface area contributed by atoms with Crippen LogP contribution >= 0.6 is 0 Å². The number of benzene rings is 1. The van der Waals surface area contributed by atoms with Gasteiger partial charge >= 0.3 is 0 Å². The molecule has 3 aromatic heterocycles. The van der Waals surface area contributed by atoms with Crippen molar-refractivity contribution >= 4 is 37.9 Å². The number of nitrogens with one attached hydrogen (secondary N) is 1. The van der Waals surface area contributed by atoms with E-state index in [1.54, 1.807) is 30.7 Å². The number of hydrogen-bond donors (Lipinski definition) is 1. The number of pyridine rings is 1. The Morgan fingerprint density at radius 1 is 1.11 bits per heavy atom. The molecule has 2 fully saturated rings. The lowest BCUT2D eigenvalue weighted by molar-refractivity contribution is 0.438. The quantitative estimate of drug-likeness (QED) is 0.346. The van der Waals surface area contributed by atoms with Crippen LogP contribution in [0.2, 0.25) is 0 Å². The van der Waals surface area contributed by atoms with Crippen LogP contribution in [-0.4, -0.2) is 58.2 Å². The van der Waals surface area contributed by atoms with Gasteiger partial charge in [0.1, 0.15) is 27.3 Å². The smallest absolute Gasteiger partial charge is 0.164 e. The number of halogens is 1. The molecule has 4 aromatic rings. The first-order valence-corrected chi connectivity index (χ1v) is 14.9. The summed E-state index contributed by atoms with van der Waals surface area (Å²) < 4.78 is 40.7. The van der Waals surface area contributed by atoms with E-state index < -0.39 is 9.84 Å². The van der Waals surface area contributed by atoms with Crippen molar-refractivity contribution in [3.05, 3.63) is 54.4 Å². The number of aromatic nitrogens is 5. The summed E-state index contributed by atoms with van der Waals surface area (Å²) in [6, 6.07) is 5.78. The van der Waals surface area contributed by atoms with Crippen LogP contribution in [0, 0.1) is 11.7 Å². The zero-order valence-corrected chi connectivity index (χ0v) is 22.4. The van der Waals surface area contributed by atoms with Gasteiger partial charge in [-0.2, -0.15) is 5.10 Å². The van der Waals surface area contributed by atoms with Crippen molar-refractivity contribution in [2.75, 3.05) is 35.3 Å². The number of fused-ring (bicyclic) bond motifs is 1. The maximum absolute atomic E-state index is 15.4. The molecular formula is C27H30FN7O2S. The van der Waals surface area contributed by atoms with Crippen molar-refractivity contribution in [1.82, 2.24) is 24.7 Å². The standard InChI is InChI=1S/C27H30FN7O2S/c1-16(2)20-8-23(28)26(34-12-17(13-34)15-38(3,36)37)22-11-30-25(9-21(20)22)32-24-6-7-29-27(33-24)18-10-31-35(14-18)19-4-5-19/h6-11,14,16-17,19H,4-5,12-13,15H2,1-3H3,(H,29,30,32,33). The average Bonchev–Trinajstić information content (AvgIpc) is 3.57. The number of rotatable bonds is 8. The van der Waals surface area contributed by atoms with Crippen LogP contribution in [-0.2, 0) is 9.84 Å². The van der Waals surface area contributed by atoms with E-state index in [9.17, 15) is 8.42 Å². The first-order chi connectivity index (χ1) is 18.1. The predicted octanol–water partition coefficient (Wildman–Crippen LogP) is 4.71. The third-order valence-electron chi connectivity index (χ3n) is 7.10. The Balaban J connectivity index is 1.30. The third-order valence-corrected chi connectivity index (χ3v) is 8.18. The molecule has 198 valence electrons. The summed E-state index contributed by atoms with van der Waals surface area (Å²) in [5.41, 5.74) is 2.22. The number of hydrogen-bond acceptors (Lipinski definition) is 8. The fraction of sp³-hybridized carbons (Fsp3) is 0.407. The SMILES string of the molecule is CC(C)c1cc(F)c(N2CC(CS(C)(=O)=O)C2)c2cnc(Nc3ccnc(-c4cnn(C5CC5)c4)n3)cc12. The van der Waals surface area contributed by atoms with Crippen LogP contribution in [0.1, 0.15) is 44.2 Å². The van der Waals surface area contributed by atoms with Crippen molar-refractivity contribution in [3.63, 3.8) is 0 Å². The molecule has 9 nitrogen and oxygen atoms in total. The molecule has 1 aliphatic carbocycles. The Morgan fingerprint density at radius 2 is 1.89 bits per heavy atom. The van der Waals surface area contributed by atoms with Gasteiger partial charge in [0.25, 0.3) is 0 Å². The first kappa shape index (κ1) is 24.7. The van der Waals surface area contributed by atoms with Crippen molar-refractivity contribution in [3.8, 4) is 11.4 Å². The summed E-state index contributed by atoms with van der Waals surface area (Å²) in [6.45, 7) is 5.07. The minimum Gasteiger partial charge on any atom is -0.368 e. The molecule has 6 rings (SSSR count). The molecule has 38 heavy (non-hydrogen) atoms. The largest absolute Gasteiger partial charge is 0.368 e. The highest BCUT2D eigenvalue weighted by Gasteiger charge is 2.33. The van der Waals surface area contributed by atoms with E-state index >= 15 is 4.39 Å². The zero-order valence-electron chi connectivity index (χ0n) is 21.6. The van der Waals surface area contributed by atoms with E-state index in [2.05, 4.69) is 25.4 Å². The van der Waals surface area contributed by atoms with Crippen molar-refractivity contribution < 1.29 is 12.8 Å².